The number of hydrogen-bond acceptors (Lipinski definition) is 3. The first-order valence-corrected chi connectivity index (χ1v) is 7.64. The Morgan fingerprint density at radius 1 is 1.39 bits per heavy atom. The summed E-state index contributed by atoms with van der Waals surface area (Å²) in [5.41, 5.74) is 2.49. The van der Waals surface area contributed by atoms with Crippen molar-refractivity contribution in [2.75, 3.05) is 4.90 Å². The molecule has 1 fully saturated rings. The molecule has 94 valence electrons. The van der Waals surface area contributed by atoms with Crippen LogP contribution >= 0.6 is 22.9 Å². The first kappa shape index (κ1) is 12.0. The largest absolute Gasteiger partial charge is 0.349 e. The Morgan fingerprint density at radius 2 is 2.28 bits per heavy atom. The van der Waals surface area contributed by atoms with E-state index in [0.717, 1.165) is 17.9 Å². The number of hydrogen-bond donors (Lipinski definition) is 0. The van der Waals surface area contributed by atoms with Gasteiger partial charge in [-0.05, 0) is 41.3 Å². The Balaban J connectivity index is 1.89. The van der Waals surface area contributed by atoms with Crippen molar-refractivity contribution in [3.05, 3.63) is 46.3 Å². The van der Waals surface area contributed by atoms with Gasteiger partial charge in [0.2, 0.25) is 0 Å². The van der Waals surface area contributed by atoms with Gasteiger partial charge in [0, 0.05) is 24.3 Å². The number of alkyl halides is 1. The molecule has 0 aromatic carbocycles. The maximum atomic E-state index is 6.02. The lowest BCUT2D eigenvalue weighted by molar-refractivity contribution is 0.775. The van der Waals surface area contributed by atoms with Crippen LogP contribution in [-0.2, 0) is 12.4 Å². The van der Waals surface area contributed by atoms with Crippen molar-refractivity contribution < 1.29 is 0 Å². The Morgan fingerprint density at radius 3 is 2.94 bits per heavy atom. The lowest BCUT2D eigenvalue weighted by Gasteiger charge is -2.25. The van der Waals surface area contributed by atoms with E-state index in [-0.39, 0.29) is 0 Å². The summed E-state index contributed by atoms with van der Waals surface area (Å²) in [5, 5.41) is 4.33. The van der Waals surface area contributed by atoms with Gasteiger partial charge in [-0.3, -0.25) is 0 Å². The predicted molar refractivity (Wildman–Crippen MR) is 77.3 cm³/mol. The van der Waals surface area contributed by atoms with Crippen LogP contribution in [0.15, 0.2) is 35.2 Å². The van der Waals surface area contributed by atoms with Gasteiger partial charge >= 0.3 is 0 Å². The van der Waals surface area contributed by atoms with E-state index in [9.17, 15) is 0 Å². The summed E-state index contributed by atoms with van der Waals surface area (Å²) in [6.07, 6.45) is 4.39. The van der Waals surface area contributed by atoms with Crippen molar-refractivity contribution in [2.24, 2.45) is 0 Å². The van der Waals surface area contributed by atoms with E-state index >= 15 is 0 Å². The molecule has 0 radical (unpaired) electrons. The van der Waals surface area contributed by atoms with Gasteiger partial charge < -0.3 is 4.90 Å². The zero-order valence-corrected chi connectivity index (χ0v) is 11.6. The van der Waals surface area contributed by atoms with E-state index in [1.54, 1.807) is 11.3 Å². The highest BCUT2D eigenvalue weighted by Crippen LogP contribution is 2.34. The lowest BCUT2D eigenvalue weighted by Crippen LogP contribution is -2.26. The number of thiophene rings is 1. The van der Waals surface area contributed by atoms with Gasteiger partial charge in [-0.15, -0.1) is 11.6 Å². The van der Waals surface area contributed by atoms with Crippen molar-refractivity contribution in [3.63, 3.8) is 0 Å². The number of halogens is 1. The average molecular weight is 279 g/mol. The smallest absolute Gasteiger partial charge is 0.133 e. The quantitative estimate of drug-likeness (QED) is 0.767. The molecule has 2 nitrogen and oxygen atoms in total. The minimum absolute atomic E-state index is 0.524. The van der Waals surface area contributed by atoms with Gasteiger partial charge in [0.1, 0.15) is 5.82 Å². The molecule has 2 aromatic rings. The molecule has 0 amide bonds. The normalized spacial score (nSPS) is 14.7. The predicted octanol–water partition coefficient (Wildman–Crippen LogP) is 4.05. The highest BCUT2D eigenvalue weighted by atomic mass is 35.5. The van der Waals surface area contributed by atoms with Gasteiger partial charge in [-0.25, -0.2) is 4.98 Å². The van der Waals surface area contributed by atoms with E-state index in [1.165, 1.54) is 18.4 Å². The Hall–Kier alpha value is -1.06. The van der Waals surface area contributed by atoms with Gasteiger partial charge in [0.15, 0.2) is 0 Å². The van der Waals surface area contributed by atoms with E-state index in [4.69, 9.17) is 11.6 Å². The fraction of sp³-hybridized carbons (Fsp3) is 0.357. The topological polar surface area (TPSA) is 16.1 Å². The maximum absolute atomic E-state index is 6.02. The third-order valence-electron chi connectivity index (χ3n) is 3.20. The number of pyridine rings is 1. The zero-order chi connectivity index (χ0) is 12.4. The van der Waals surface area contributed by atoms with Crippen LogP contribution in [0, 0.1) is 0 Å². The molecule has 2 aromatic heterocycles. The second-order valence-corrected chi connectivity index (χ2v) is 5.66. The molecule has 0 atom stereocenters. The molecule has 1 aliphatic carbocycles. The van der Waals surface area contributed by atoms with Crippen LogP contribution in [0.3, 0.4) is 0 Å². The fourth-order valence-electron chi connectivity index (χ4n) is 2.14. The molecule has 0 aliphatic heterocycles. The van der Waals surface area contributed by atoms with Crippen LogP contribution in [-0.4, -0.2) is 11.0 Å². The van der Waals surface area contributed by atoms with Crippen molar-refractivity contribution in [1.29, 1.82) is 0 Å². The molecule has 1 aliphatic rings. The van der Waals surface area contributed by atoms with Crippen molar-refractivity contribution >= 4 is 28.8 Å². The third-order valence-corrected chi connectivity index (χ3v) is 4.22. The SMILES string of the molecule is ClCc1cccnc1N(Cc1ccsc1)C1CC1. The monoisotopic (exact) mass is 278 g/mol. The molecule has 1 saturated carbocycles. The Bertz CT molecular complexity index is 508. The van der Waals surface area contributed by atoms with E-state index in [1.807, 2.05) is 12.3 Å². The Kier molecular flexibility index (Phi) is 3.52. The van der Waals surface area contributed by atoms with Gasteiger partial charge in [-0.1, -0.05) is 6.07 Å². The third kappa shape index (κ3) is 2.52. The highest BCUT2D eigenvalue weighted by Gasteiger charge is 2.31. The summed E-state index contributed by atoms with van der Waals surface area (Å²) < 4.78 is 0. The maximum Gasteiger partial charge on any atom is 0.133 e. The zero-order valence-electron chi connectivity index (χ0n) is 10.1. The minimum Gasteiger partial charge on any atom is -0.349 e. The first-order chi connectivity index (χ1) is 8.88. The summed E-state index contributed by atoms with van der Waals surface area (Å²) in [6.45, 7) is 0.940. The van der Waals surface area contributed by atoms with E-state index < -0.39 is 0 Å². The highest BCUT2D eigenvalue weighted by molar-refractivity contribution is 7.07. The molecular formula is C14H15ClN2S. The van der Waals surface area contributed by atoms with Gasteiger partial charge in [-0.2, -0.15) is 11.3 Å². The molecule has 3 rings (SSSR count). The van der Waals surface area contributed by atoms with Crippen LogP contribution in [0.25, 0.3) is 0 Å². The fourth-order valence-corrected chi connectivity index (χ4v) is 3.00. The minimum atomic E-state index is 0.524. The standard InChI is InChI=1S/C14H15ClN2S/c15-8-12-2-1-6-16-14(12)17(13-3-4-13)9-11-5-7-18-10-11/h1-2,5-7,10,13H,3-4,8-9H2. The number of anilines is 1. The molecular weight excluding hydrogens is 264 g/mol. The second-order valence-electron chi connectivity index (χ2n) is 4.61. The first-order valence-electron chi connectivity index (χ1n) is 6.16. The van der Waals surface area contributed by atoms with Crippen LogP contribution in [0.2, 0.25) is 0 Å². The molecule has 2 heterocycles. The molecule has 0 N–H and O–H groups in total. The summed E-state index contributed by atoms with van der Waals surface area (Å²) in [4.78, 5) is 6.94. The van der Waals surface area contributed by atoms with Crippen LogP contribution in [0.4, 0.5) is 5.82 Å². The van der Waals surface area contributed by atoms with Crippen molar-refractivity contribution in [3.8, 4) is 0 Å². The lowest BCUT2D eigenvalue weighted by atomic mass is 10.2. The molecule has 4 heteroatoms. The molecule has 0 bridgehead atoms. The molecule has 18 heavy (non-hydrogen) atoms. The average Bonchev–Trinajstić information content (AvgIpc) is 3.13. The summed E-state index contributed by atoms with van der Waals surface area (Å²) >= 11 is 7.76. The molecule has 0 spiro atoms. The van der Waals surface area contributed by atoms with Crippen LogP contribution < -0.4 is 4.90 Å². The molecule has 0 unspecified atom stereocenters. The second kappa shape index (κ2) is 5.29. The summed E-state index contributed by atoms with van der Waals surface area (Å²) in [7, 11) is 0. The van der Waals surface area contributed by atoms with Crippen LogP contribution in [0.5, 0.6) is 0 Å². The number of nitrogens with zero attached hydrogens (tertiary/aromatic N) is 2. The van der Waals surface area contributed by atoms with Crippen LogP contribution in [0.1, 0.15) is 24.0 Å². The van der Waals surface area contributed by atoms with Gasteiger partial charge in [0.25, 0.3) is 0 Å². The van der Waals surface area contributed by atoms with E-state index in [0.29, 0.717) is 11.9 Å². The van der Waals surface area contributed by atoms with Crippen molar-refractivity contribution in [1.82, 2.24) is 4.98 Å². The molecule has 0 saturated heterocycles. The number of aromatic nitrogens is 1. The van der Waals surface area contributed by atoms with Gasteiger partial charge in [0.05, 0.1) is 5.88 Å². The van der Waals surface area contributed by atoms with Crippen molar-refractivity contribution in [2.45, 2.75) is 31.3 Å². The van der Waals surface area contributed by atoms with E-state index in [2.05, 4.69) is 32.8 Å². The summed E-state index contributed by atoms with van der Waals surface area (Å²) in [5.74, 6) is 1.58. The summed E-state index contributed by atoms with van der Waals surface area (Å²) in [6, 6.07) is 6.85. The Labute approximate surface area is 116 Å². The number of rotatable bonds is 5.